The van der Waals surface area contributed by atoms with Crippen molar-refractivity contribution in [2.75, 3.05) is 24.5 Å². The molecular formula is C20H28N4O4. The highest BCUT2D eigenvalue weighted by Gasteiger charge is 2.50. The zero-order valence-electron chi connectivity index (χ0n) is 16.3. The van der Waals surface area contributed by atoms with Crippen molar-refractivity contribution < 1.29 is 14.8 Å². The van der Waals surface area contributed by atoms with Crippen molar-refractivity contribution in [3.05, 3.63) is 27.9 Å². The molecule has 3 heterocycles. The van der Waals surface area contributed by atoms with Crippen molar-refractivity contribution in [2.45, 2.75) is 64.0 Å². The molecule has 2 aliphatic heterocycles. The fourth-order valence-corrected chi connectivity index (χ4v) is 5.16. The number of carbonyl (C=O) groups is 1. The quantitative estimate of drug-likeness (QED) is 0.630. The monoisotopic (exact) mass is 388 g/mol. The van der Waals surface area contributed by atoms with Crippen molar-refractivity contribution in [1.82, 2.24) is 9.88 Å². The number of nitrogens with zero attached hydrogens (tertiary/aromatic N) is 4. The molecule has 1 aromatic heterocycles. The number of anilines is 1. The van der Waals surface area contributed by atoms with Gasteiger partial charge in [-0.05, 0) is 57.4 Å². The summed E-state index contributed by atoms with van der Waals surface area (Å²) in [7, 11) is 0. The van der Waals surface area contributed by atoms with Crippen LogP contribution in [0.5, 0.6) is 0 Å². The molecule has 0 radical (unpaired) electrons. The summed E-state index contributed by atoms with van der Waals surface area (Å²) < 4.78 is 0. The van der Waals surface area contributed by atoms with Crippen LogP contribution in [0.25, 0.3) is 0 Å². The SMILES string of the molecule is Cc1cc([N+](=O)[O-])cnc1N1CCC2(CC1)CCN([C@H]1CC[C@@H](O)CC1)C2=O. The summed E-state index contributed by atoms with van der Waals surface area (Å²) in [6.07, 6.45) is 7.01. The van der Waals surface area contributed by atoms with E-state index in [9.17, 15) is 20.0 Å². The summed E-state index contributed by atoms with van der Waals surface area (Å²) in [6.45, 7) is 4.16. The smallest absolute Gasteiger partial charge is 0.287 e. The molecule has 8 heteroatoms. The zero-order valence-corrected chi connectivity index (χ0v) is 16.3. The fraction of sp³-hybridized carbons (Fsp3) is 0.700. The lowest BCUT2D eigenvalue weighted by Gasteiger charge is -2.40. The Hall–Kier alpha value is -2.22. The molecular weight excluding hydrogens is 360 g/mol. The van der Waals surface area contributed by atoms with Gasteiger partial charge >= 0.3 is 0 Å². The molecule has 1 amide bonds. The van der Waals surface area contributed by atoms with E-state index in [2.05, 4.69) is 14.8 Å². The van der Waals surface area contributed by atoms with Crippen LogP contribution >= 0.6 is 0 Å². The van der Waals surface area contributed by atoms with Crippen LogP contribution < -0.4 is 4.90 Å². The third-order valence-electron chi connectivity index (χ3n) is 6.92. The van der Waals surface area contributed by atoms with Crippen molar-refractivity contribution in [1.29, 1.82) is 0 Å². The van der Waals surface area contributed by atoms with Crippen molar-refractivity contribution in [2.24, 2.45) is 5.41 Å². The van der Waals surface area contributed by atoms with Gasteiger partial charge in [-0.3, -0.25) is 14.9 Å². The zero-order chi connectivity index (χ0) is 19.9. The van der Waals surface area contributed by atoms with Gasteiger partial charge in [0.15, 0.2) is 0 Å². The van der Waals surface area contributed by atoms with E-state index in [0.29, 0.717) is 5.91 Å². The fourth-order valence-electron chi connectivity index (χ4n) is 5.16. The van der Waals surface area contributed by atoms with Gasteiger partial charge in [-0.15, -0.1) is 0 Å². The number of nitro groups is 1. The second kappa shape index (κ2) is 7.31. The number of piperidine rings is 1. The minimum Gasteiger partial charge on any atom is -0.393 e. The molecule has 3 aliphatic rings. The molecule has 0 unspecified atom stereocenters. The van der Waals surface area contributed by atoms with Gasteiger partial charge in [0, 0.05) is 31.7 Å². The summed E-state index contributed by atoms with van der Waals surface area (Å²) in [5.74, 6) is 1.07. The lowest BCUT2D eigenvalue weighted by atomic mass is 9.77. The van der Waals surface area contributed by atoms with Crippen LogP contribution in [0.4, 0.5) is 11.5 Å². The van der Waals surface area contributed by atoms with Crippen LogP contribution in [-0.4, -0.2) is 57.6 Å². The molecule has 1 spiro atoms. The Morgan fingerprint density at radius 3 is 2.43 bits per heavy atom. The number of aromatic nitrogens is 1. The topological polar surface area (TPSA) is 99.8 Å². The van der Waals surface area contributed by atoms with Crippen molar-refractivity contribution >= 4 is 17.4 Å². The third kappa shape index (κ3) is 3.34. The van der Waals surface area contributed by atoms with E-state index in [1.165, 1.54) is 6.20 Å². The largest absolute Gasteiger partial charge is 0.393 e. The van der Waals surface area contributed by atoms with E-state index in [0.717, 1.165) is 76.0 Å². The van der Waals surface area contributed by atoms with Gasteiger partial charge in [0.2, 0.25) is 5.91 Å². The second-order valence-corrected chi connectivity index (χ2v) is 8.57. The number of hydrogen-bond donors (Lipinski definition) is 1. The van der Waals surface area contributed by atoms with Crippen LogP contribution in [-0.2, 0) is 4.79 Å². The predicted octanol–water partition coefficient (Wildman–Crippen LogP) is 2.42. The maximum absolute atomic E-state index is 13.2. The van der Waals surface area contributed by atoms with Gasteiger partial charge in [0.1, 0.15) is 12.0 Å². The van der Waals surface area contributed by atoms with Gasteiger partial charge < -0.3 is 14.9 Å². The minimum atomic E-state index is -0.426. The second-order valence-electron chi connectivity index (χ2n) is 8.57. The Bertz CT molecular complexity index is 767. The molecule has 4 rings (SSSR count). The van der Waals surface area contributed by atoms with Crippen LogP contribution in [0.1, 0.15) is 50.5 Å². The third-order valence-corrected chi connectivity index (χ3v) is 6.92. The molecule has 1 N–H and O–H groups in total. The predicted molar refractivity (Wildman–Crippen MR) is 104 cm³/mol. The molecule has 1 saturated carbocycles. The Morgan fingerprint density at radius 1 is 1.18 bits per heavy atom. The number of aryl methyl sites for hydroxylation is 1. The van der Waals surface area contributed by atoms with Crippen LogP contribution in [0, 0.1) is 22.5 Å². The Morgan fingerprint density at radius 2 is 1.82 bits per heavy atom. The lowest BCUT2D eigenvalue weighted by molar-refractivity contribution is -0.385. The Balaban J connectivity index is 1.41. The highest BCUT2D eigenvalue weighted by Crippen LogP contribution is 2.44. The van der Waals surface area contributed by atoms with E-state index < -0.39 is 4.92 Å². The van der Waals surface area contributed by atoms with Crippen LogP contribution in [0.15, 0.2) is 12.3 Å². The number of aliphatic hydroxyl groups is 1. The first kappa shape index (κ1) is 19.1. The number of likely N-dealkylation sites (tertiary alicyclic amines) is 1. The van der Waals surface area contributed by atoms with E-state index >= 15 is 0 Å². The Labute approximate surface area is 164 Å². The van der Waals surface area contributed by atoms with Gasteiger partial charge in [-0.2, -0.15) is 0 Å². The number of carbonyl (C=O) groups excluding carboxylic acids is 1. The van der Waals surface area contributed by atoms with Crippen LogP contribution in [0.2, 0.25) is 0 Å². The van der Waals surface area contributed by atoms with E-state index in [-0.39, 0.29) is 23.2 Å². The van der Waals surface area contributed by atoms with Crippen molar-refractivity contribution in [3.8, 4) is 0 Å². The maximum atomic E-state index is 13.2. The van der Waals surface area contributed by atoms with Crippen molar-refractivity contribution in [3.63, 3.8) is 0 Å². The maximum Gasteiger partial charge on any atom is 0.287 e. The molecule has 152 valence electrons. The molecule has 1 aliphatic carbocycles. The van der Waals surface area contributed by atoms with E-state index in [1.54, 1.807) is 6.07 Å². The van der Waals surface area contributed by atoms with Gasteiger partial charge in [0.05, 0.1) is 16.4 Å². The molecule has 2 saturated heterocycles. The summed E-state index contributed by atoms with van der Waals surface area (Å²) in [4.78, 5) is 32.3. The average Bonchev–Trinajstić information content (AvgIpc) is 2.99. The Kier molecular flexibility index (Phi) is 4.99. The first-order valence-electron chi connectivity index (χ1n) is 10.2. The van der Waals surface area contributed by atoms with E-state index in [4.69, 9.17) is 0 Å². The summed E-state index contributed by atoms with van der Waals surface area (Å²) >= 11 is 0. The summed E-state index contributed by atoms with van der Waals surface area (Å²) in [5.41, 5.74) is 0.542. The first-order valence-corrected chi connectivity index (χ1v) is 10.2. The van der Waals surface area contributed by atoms with Crippen LogP contribution in [0.3, 0.4) is 0 Å². The minimum absolute atomic E-state index is 0.00828. The number of aliphatic hydroxyl groups excluding tert-OH is 1. The molecule has 1 aromatic rings. The summed E-state index contributed by atoms with van der Waals surface area (Å²) in [5, 5.41) is 20.7. The molecule has 0 bridgehead atoms. The molecule has 0 atom stereocenters. The molecule has 0 aromatic carbocycles. The molecule has 3 fully saturated rings. The lowest BCUT2D eigenvalue weighted by Crippen LogP contribution is -2.47. The van der Waals surface area contributed by atoms with Gasteiger partial charge in [-0.25, -0.2) is 4.98 Å². The average molecular weight is 388 g/mol. The number of pyridine rings is 1. The normalized spacial score (nSPS) is 27.4. The standard InChI is InChI=1S/C20H28N4O4/c1-14-12-16(24(27)28)13-21-18(14)22-9-6-20(7-10-22)8-11-23(19(20)26)15-2-4-17(25)5-3-15/h12-13,15,17,25H,2-11H2,1H3/t15-,17+. The van der Waals surface area contributed by atoms with Gasteiger partial charge in [-0.1, -0.05) is 0 Å². The van der Waals surface area contributed by atoms with Gasteiger partial charge in [0.25, 0.3) is 5.69 Å². The number of amides is 1. The number of hydrogen-bond acceptors (Lipinski definition) is 6. The number of rotatable bonds is 3. The first-order chi connectivity index (χ1) is 13.4. The molecule has 8 nitrogen and oxygen atoms in total. The summed E-state index contributed by atoms with van der Waals surface area (Å²) in [6, 6.07) is 1.85. The molecule has 28 heavy (non-hydrogen) atoms. The van der Waals surface area contributed by atoms with E-state index in [1.807, 2.05) is 6.92 Å². The highest BCUT2D eigenvalue weighted by atomic mass is 16.6. The highest BCUT2D eigenvalue weighted by molar-refractivity contribution is 5.85.